The summed E-state index contributed by atoms with van der Waals surface area (Å²) in [6.45, 7) is 5.85. The largest absolute Gasteiger partial charge is 0.340 e. The van der Waals surface area contributed by atoms with Gasteiger partial charge in [-0.25, -0.2) is 0 Å². The molecule has 0 bridgehead atoms. The van der Waals surface area contributed by atoms with Crippen molar-refractivity contribution in [2.45, 2.75) is 32.9 Å². The Labute approximate surface area is 109 Å². The van der Waals surface area contributed by atoms with Gasteiger partial charge in [0.15, 0.2) is 0 Å². The van der Waals surface area contributed by atoms with Gasteiger partial charge < -0.3 is 10.2 Å². The van der Waals surface area contributed by atoms with Gasteiger partial charge in [0.2, 0.25) is 5.91 Å². The van der Waals surface area contributed by atoms with Gasteiger partial charge in [0.25, 0.3) is 0 Å². The number of nitrogens with zero attached hydrogens (tertiary/aromatic N) is 1. The van der Waals surface area contributed by atoms with Gasteiger partial charge in [-0.2, -0.15) is 0 Å². The molecule has 0 saturated carbocycles. The first-order valence-electron chi connectivity index (χ1n) is 6.62. The lowest BCUT2D eigenvalue weighted by Crippen LogP contribution is -2.43. The molecule has 3 nitrogen and oxygen atoms in total. The summed E-state index contributed by atoms with van der Waals surface area (Å²) in [7, 11) is 1.88. The number of benzene rings is 1. The van der Waals surface area contributed by atoms with E-state index in [1.54, 1.807) is 0 Å². The van der Waals surface area contributed by atoms with Crippen LogP contribution in [0.1, 0.15) is 24.5 Å². The van der Waals surface area contributed by atoms with Gasteiger partial charge in [0, 0.05) is 13.6 Å². The molecule has 1 aromatic carbocycles. The van der Waals surface area contributed by atoms with Crippen LogP contribution in [0.2, 0.25) is 0 Å². The second-order valence-electron chi connectivity index (χ2n) is 5.38. The Balaban J connectivity index is 1.97. The Bertz CT molecular complexity index is 413. The molecule has 1 fully saturated rings. The summed E-state index contributed by atoms with van der Waals surface area (Å²) in [4.78, 5) is 14.1. The van der Waals surface area contributed by atoms with Gasteiger partial charge in [-0.1, -0.05) is 36.8 Å². The first-order valence-corrected chi connectivity index (χ1v) is 6.62. The van der Waals surface area contributed by atoms with E-state index in [0.29, 0.717) is 12.5 Å². The molecule has 18 heavy (non-hydrogen) atoms. The van der Waals surface area contributed by atoms with Crippen LogP contribution in [0.4, 0.5) is 0 Å². The zero-order valence-corrected chi connectivity index (χ0v) is 11.4. The number of amides is 1. The Morgan fingerprint density at radius 2 is 2.06 bits per heavy atom. The molecule has 0 aromatic heterocycles. The van der Waals surface area contributed by atoms with E-state index < -0.39 is 0 Å². The molecule has 0 radical (unpaired) electrons. The Morgan fingerprint density at radius 3 is 2.61 bits per heavy atom. The Morgan fingerprint density at radius 1 is 1.39 bits per heavy atom. The lowest BCUT2D eigenvalue weighted by atomic mass is 10.0. The van der Waals surface area contributed by atoms with Crippen LogP contribution in [0.15, 0.2) is 24.3 Å². The van der Waals surface area contributed by atoms with Crippen LogP contribution in [0, 0.1) is 12.8 Å². The van der Waals surface area contributed by atoms with Crippen molar-refractivity contribution in [1.82, 2.24) is 10.2 Å². The van der Waals surface area contributed by atoms with Crippen molar-refractivity contribution in [3.63, 3.8) is 0 Å². The molecule has 1 amide bonds. The third-order valence-electron chi connectivity index (χ3n) is 3.72. The fourth-order valence-electron chi connectivity index (χ4n) is 2.45. The van der Waals surface area contributed by atoms with Crippen LogP contribution in [-0.4, -0.2) is 30.4 Å². The molecule has 2 rings (SSSR count). The fraction of sp³-hybridized carbons (Fsp3) is 0.533. The highest BCUT2D eigenvalue weighted by atomic mass is 16.2. The lowest BCUT2D eigenvalue weighted by molar-refractivity contribution is -0.133. The third kappa shape index (κ3) is 2.91. The van der Waals surface area contributed by atoms with Crippen molar-refractivity contribution < 1.29 is 4.79 Å². The maximum Gasteiger partial charge on any atom is 0.240 e. The van der Waals surface area contributed by atoms with E-state index in [0.717, 1.165) is 13.0 Å². The molecule has 98 valence electrons. The number of carbonyl (C=O) groups is 1. The number of likely N-dealkylation sites (N-methyl/N-ethyl adjacent to an activating group) is 1. The van der Waals surface area contributed by atoms with Crippen molar-refractivity contribution in [2.75, 3.05) is 13.6 Å². The predicted molar refractivity (Wildman–Crippen MR) is 73.2 cm³/mol. The Hall–Kier alpha value is -1.35. The first-order chi connectivity index (χ1) is 8.58. The van der Waals surface area contributed by atoms with E-state index in [9.17, 15) is 4.79 Å². The summed E-state index contributed by atoms with van der Waals surface area (Å²) in [5.41, 5.74) is 2.43. The van der Waals surface area contributed by atoms with Crippen LogP contribution >= 0.6 is 0 Å². The highest BCUT2D eigenvalue weighted by Gasteiger charge is 2.31. The zero-order chi connectivity index (χ0) is 13.1. The minimum atomic E-state index is 0.000415. The molecule has 3 heteroatoms. The van der Waals surface area contributed by atoms with Crippen molar-refractivity contribution in [3.8, 4) is 0 Å². The second kappa shape index (κ2) is 5.53. The Kier molecular flexibility index (Phi) is 4.02. The number of carbonyl (C=O) groups excluding carboxylic acids is 1. The molecule has 1 heterocycles. The molecule has 1 N–H and O–H groups in total. The summed E-state index contributed by atoms with van der Waals surface area (Å²) in [5.74, 6) is 0.651. The minimum absolute atomic E-state index is 0.000415. The number of hydrogen-bond acceptors (Lipinski definition) is 2. The molecular weight excluding hydrogens is 224 g/mol. The summed E-state index contributed by atoms with van der Waals surface area (Å²) in [6.07, 6.45) is 1.09. The zero-order valence-electron chi connectivity index (χ0n) is 11.4. The molecule has 2 atom stereocenters. The van der Waals surface area contributed by atoms with Gasteiger partial charge in [-0.3, -0.25) is 4.79 Å². The maximum absolute atomic E-state index is 12.3. The SMILES string of the molecule is Cc1ccc(CN(C)C(=O)C2NCCC2C)cc1. The summed E-state index contributed by atoms with van der Waals surface area (Å²) in [6, 6.07) is 8.35. The topological polar surface area (TPSA) is 32.3 Å². The van der Waals surface area contributed by atoms with Crippen LogP contribution < -0.4 is 5.32 Å². The van der Waals surface area contributed by atoms with Crippen LogP contribution in [0.3, 0.4) is 0 Å². The molecule has 0 spiro atoms. The smallest absolute Gasteiger partial charge is 0.240 e. The first kappa shape index (κ1) is 13.1. The standard InChI is InChI=1S/C15H22N2O/c1-11-4-6-13(7-5-11)10-17(3)15(18)14-12(2)8-9-16-14/h4-7,12,14,16H,8-10H2,1-3H3. The summed E-state index contributed by atoms with van der Waals surface area (Å²) >= 11 is 0. The highest BCUT2D eigenvalue weighted by molar-refractivity contribution is 5.82. The second-order valence-corrected chi connectivity index (χ2v) is 5.38. The van der Waals surface area contributed by atoms with Gasteiger partial charge >= 0.3 is 0 Å². The van der Waals surface area contributed by atoms with Gasteiger partial charge in [0.05, 0.1) is 6.04 Å². The van der Waals surface area contributed by atoms with Crippen molar-refractivity contribution in [2.24, 2.45) is 5.92 Å². The monoisotopic (exact) mass is 246 g/mol. The third-order valence-corrected chi connectivity index (χ3v) is 3.72. The van der Waals surface area contributed by atoms with Crippen molar-refractivity contribution >= 4 is 5.91 Å². The van der Waals surface area contributed by atoms with Crippen molar-refractivity contribution in [1.29, 1.82) is 0 Å². The van der Waals surface area contributed by atoms with Crippen LogP contribution in [0.5, 0.6) is 0 Å². The van der Waals surface area contributed by atoms with Gasteiger partial charge in [0.1, 0.15) is 0 Å². The van der Waals surface area contributed by atoms with Gasteiger partial charge in [-0.15, -0.1) is 0 Å². The highest BCUT2D eigenvalue weighted by Crippen LogP contribution is 2.17. The molecule has 0 aliphatic carbocycles. The molecule has 1 saturated heterocycles. The molecule has 1 aliphatic heterocycles. The quantitative estimate of drug-likeness (QED) is 0.884. The molecule has 1 aliphatic rings. The summed E-state index contributed by atoms with van der Waals surface area (Å²) < 4.78 is 0. The molecular formula is C15H22N2O. The number of aryl methyl sites for hydroxylation is 1. The predicted octanol–water partition coefficient (Wildman–Crippen LogP) is 1.95. The molecule has 2 unspecified atom stereocenters. The summed E-state index contributed by atoms with van der Waals surface area (Å²) in [5, 5.41) is 3.29. The van der Waals surface area contributed by atoms with Crippen LogP contribution in [-0.2, 0) is 11.3 Å². The lowest BCUT2D eigenvalue weighted by Gasteiger charge is -2.23. The van der Waals surface area contributed by atoms with Crippen molar-refractivity contribution in [3.05, 3.63) is 35.4 Å². The van der Waals surface area contributed by atoms with E-state index >= 15 is 0 Å². The fourth-order valence-corrected chi connectivity index (χ4v) is 2.45. The number of nitrogens with one attached hydrogen (secondary N) is 1. The van der Waals surface area contributed by atoms with E-state index in [1.807, 2.05) is 11.9 Å². The molecule has 1 aromatic rings. The van der Waals surface area contributed by atoms with Gasteiger partial charge in [-0.05, 0) is 31.4 Å². The average Bonchev–Trinajstić information content (AvgIpc) is 2.77. The van der Waals surface area contributed by atoms with E-state index in [4.69, 9.17) is 0 Å². The van der Waals surface area contributed by atoms with Crippen LogP contribution in [0.25, 0.3) is 0 Å². The maximum atomic E-state index is 12.3. The number of rotatable bonds is 3. The minimum Gasteiger partial charge on any atom is -0.340 e. The number of hydrogen-bond donors (Lipinski definition) is 1. The normalized spacial score (nSPS) is 23.1. The van der Waals surface area contributed by atoms with E-state index in [-0.39, 0.29) is 11.9 Å². The van der Waals surface area contributed by atoms with E-state index in [1.165, 1.54) is 11.1 Å². The van der Waals surface area contributed by atoms with E-state index in [2.05, 4.69) is 43.4 Å². The average molecular weight is 246 g/mol.